The molecule has 0 radical (unpaired) electrons. The fourth-order valence-corrected chi connectivity index (χ4v) is 4.31. The van der Waals surface area contributed by atoms with Crippen molar-refractivity contribution < 1.29 is 0 Å². The number of benzene rings is 1. The highest BCUT2D eigenvalue weighted by atomic mass is 15.3. The molecule has 0 amide bonds. The molecule has 4 aromatic rings. The molecular formula is C25H26N6. The van der Waals surface area contributed by atoms with E-state index in [1.54, 1.807) is 0 Å². The standard InChI is InChI=1S/C25H26N6/c1-28-12-14-30(15-13-28)18-23-25(20-7-5-19(16-26)6-8-20)27-24-10-9-21(17-31(23)24)22-4-3-11-29(22)2/h3-11,17H,12-15,18H2,1-2H3. The third-order valence-corrected chi connectivity index (χ3v) is 6.21. The lowest BCUT2D eigenvalue weighted by molar-refractivity contribution is 0.147. The Kier molecular flexibility index (Phi) is 5.06. The summed E-state index contributed by atoms with van der Waals surface area (Å²) < 4.78 is 4.38. The van der Waals surface area contributed by atoms with Crippen LogP contribution in [-0.2, 0) is 13.6 Å². The van der Waals surface area contributed by atoms with Crippen molar-refractivity contribution in [2.75, 3.05) is 33.2 Å². The highest BCUT2D eigenvalue weighted by Crippen LogP contribution is 2.29. The van der Waals surface area contributed by atoms with E-state index >= 15 is 0 Å². The van der Waals surface area contributed by atoms with E-state index in [9.17, 15) is 0 Å². The summed E-state index contributed by atoms with van der Waals surface area (Å²) in [6, 6.07) is 18.4. The van der Waals surface area contributed by atoms with Crippen molar-refractivity contribution in [3.05, 3.63) is 72.2 Å². The number of aryl methyl sites for hydroxylation is 1. The molecule has 5 rings (SSSR count). The molecule has 6 nitrogen and oxygen atoms in total. The van der Waals surface area contributed by atoms with Crippen molar-refractivity contribution >= 4 is 5.65 Å². The molecule has 0 spiro atoms. The summed E-state index contributed by atoms with van der Waals surface area (Å²) >= 11 is 0. The van der Waals surface area contributed by atoms with Crippen LogP contribution in [0, 0.1) is 11.3 Å². The maximum atomic E-state index is 9.17. The van der Waals surface area contributed by atoms with E-state index in [1.165, 1.54) is 17.0 Å². The van der Waals surface area contributed by atoms with Gasteiger partial charge in [0.1, 0.15) is 5.65 Å². The zero-order valence-corrected chi connectivity index (χ0v) is 18.0. The minimum atomic E-state index is 0.666. The zero-order chi connectivity index (χ0) is 21.4. The van der Waals surface area contributed by atoms with Gasteiger partial charge in [-0.15, -0.1) is 0 Å². The fraction of sp³-hybridized carbons (Fsp3) is 0.280. The summed E-state index contributed by atoms with van der Waals surface area (Å²) in [5, 5.41) is 9.17. The summed E-state index contributed by atoms with van der Waals surface area (Å²) in [5.41, 5.74) is 7.20. The molecule has 0 saturated carbocycles. The summed E-state index contributed by atoms with van der Waals surface area (Å²) in [4.78, 5) is 9.88. The van der Waals surface area contributed by atoms with Gasteiger partial charge < -0.3 is 13.9 Å². The Hall–Kier alpha value is -3.40. The van der Waals surface area contributed by atoms with Crippen molar-refractivity contribution in [3.8, 4) is 28.6 Å². The predicted octanol–water partition coefficient (Wildman–Crippen LogP) is 3.63. The number of fused-ring (bicyclic) bond motifs is 1. The second kappa shape index (κ2) is 8.03. The minimum Gasteiger partial charge on any atom is -0.351 e. The Bertz CT molecular complexity index is 1250. The van der Waals surface area contributed by atoms with E-state index in [2.05, 4.69) is 75.6 Å². The minimum absolute atomic E-state index is 0.666. The number of piperazine rings is 1. The second-order valence-corrected chi connectivity index (χ2v) is 8.33. The Morgan fingerprint density at radius 2 is 1.68 bits per heavy atom. The number of likely N-dealkylation sites (N-methyl/N-ethyl adjacent to an activating group) is 1. The molecule has 31 heavy (non-hydrogen) atoms. The molecule has 1 aliphatic rings. The van der Waals surface area contributed by atoms with Crippen LogP contribution < -0.4 is 0 Å². The Balaban J connectivity index is 1.62. The number of nitriles is 1. The topological polar surface area (TPSA) is 52.5 Å². The van der Waals surface area contributed by atoms with E-state index in [4.69, 9.17) is 10.2 Å². The maximum absolute atomic E-state index is 9.17. The van der Waals surface area contributed by atoms with Crippen LogP contribution in [0.4, 0.5) is 0 Å². The van der Waals surface area contributed by atoms with Crippen LogP contribution in [0.25, 0.3) is 28.2 Å². The largest absolute Gasteiger partial charge is 0.351 e. The summed E-state index contributed by atoms with van der Waals surface area (Å²) in [6.07, 6.45) is 4.27. The molecule has 0 bridgehead atoms. The van der Waals surface area contributed by atoms with Gasteiger partial charge >= 0.3 is 0 Å². The van der Waals surface area contributed by atoms with Crippen LogP contribution in [0.5, 0.6) is 0 Å². The van der Waals surface area contributed by atoms with Crippen molar-refractivity contribution in [2.24, 2.45) is 7.05 Å². The van der Waals surface area contributed by atoms with Gasteiger partial charge in [-0.2, -0.15) is 5.26 Å². The quantitative estimate of drug-likeness (QED) is 0.516. The van der Waals surface area contributed by atoms with Crippen LogP contribution in [-0.4, -0.2) is 57.0 Å². The molecule has 1 aliphatic heterocycles. The van der Waals surface area contributed by atoms with Gasteiger partial charge in [0.15, 0.2) is 0 Å². The van der Waals surface area contributed by atoms with E-state index in [0.717, 1.165) is 49.6 Å². The molecule has 4 heterocycles. The number of aromatic nitrogens is 3. The zero-order valence-electron chi connectivity index (χ0n) is 18.0. The average molecular weight is 411 g/mol. The number of nitrogens with zero attached hydrogens (tertiary/aromatic N) is 6. The monoisotopic (exact) mass is 410 g/mol. The third kappa shape index (κ3) is 3.74. The van der Waals surface area contributed by atoms with Crippen molar-refractivity contribution in [1.82, 2.24) is 23.8 Å². The van der Waals surface area contributed by atoms with Crippen LogP contribution >= 0.6 is 0 Å². The second-order valence-electron chi connectivity index (χ2n) is 8.33. The Morgan fingerprint density at radius 1 is 0.935 bits per heavy atom. The Morgan fingerprint density at radius 3 is 2.35 bits per heavy atom. The normalized spacial score (nSPS) is 15.4. The molecule has 156 valence electrons. The van der Waals surface area contributed by atoms with E-state index < -0.39 is 0 Å². The number of imidazole rings is 1. The fourth-order valence-electron chi connectivity index (χ4n) is 4.31. The van der Waals surface area contributed by atoms with Crippen LogP contribution in [0.3, 0.4) is 0 Å². The molecule has 6 heteroatoms. The number of rotatable bonds is 4. The molecule has 0 aliphatic carbocycles. The highest BCUT2D eigenvalue weighted by Gasteiger charge is 2.20. The lowest BCUT2D eigenvalue weighted by Gasteiger charge is -2.32. The molecule has 1 fully saturated rings. The first-order chi connectivity index (χ1) is 15.1. The molecular weight excluding hydrogens is 384 g/mol. The van der Waals surface area contributed by atoms with Gasteiger partial charge in [0.05, 0.1) is 23.0 Å². The van der Waals surface area contributed by atoms with E-state index in [-0.39, 0.29) is 0 Å². The van der Waals surface area contributed by atoms with Gasteiger partial charge in [-0.05, 0) is 43.4 Å². The molecule has 0 unspecified atom stereocenters. The van der Waals surface area contributed by atoms with Gasteiger partial charge in [0, 0.05) is 69.0 Å². The molecule has 0 atom stereocenters. The van der Waals surface area contributed by atoms with Gasteiger partial charge in [-0.3, -0.25) is 4.90 Å². The number of hydrogen-bond acceptors (Lipinski definition) is 4. The summed E-state index contributed by atoms with van der Waals surface area (Å²) in [7, 11) is 4.25. The lowest BCUT2D eigenvalue weighted by atomic mass is 10.1. The van der Waals surface area contributed by atoms with E-state index in [1.807, 2.05) is 24.3 Å². The third-order valence-electron chi connectivity index (χ3n) is 6.21. The maximum Gasteiger partial charge on any atom is 0.137 e. The van der Waals surface area contributed by atoms with Gasteiger partial charge in [0.25, 0.3) is 0 Å². The number of pyridine rings is 1. The molecule has 1 aromatic carbocycles. The first-order valence-corrected chi connectivity index (χ1v) is 10.7. The smallest absolute Gasteiger partial charge is 0.137 e. The lowest BCUT2D eigenvalue weighted by Crippen LogP contribution is -2.44. The van der Waals surface area contributed by atoms with Crippen molar-refractivity contribution in [1.29, 1.82) is 5.26 Å². The SMILES string of the molecule is CN1CCN(Cc2c(-c3ccc(C#N)cc3)nc3ccc(-c4cccn4C)cn23)CC1. The van der Waals surface area contributed by atoms with E-state index in [0.29, 0.717) is 5.56 Å². The highest BCUT2D eigenvalue weighted by molar-refractivity contribution is 5.69. The summed E-state index contributed by atoms with van der Waals surface area (Å²) in [5.74, 6) is 0. The molecule has 3 aromatic heterocycles. The summed E-state index contributed by atoms with van der Waals surface area (Å²) in [6.45, 7) is 5.11. The first-order valence-electron chi connectivity index (χ1n) is 10.7. The van der Waals surface area contributed by atoms with Crippen LogP contribution in [0.2, 0.25) is 0 Å². The van der Waals surface area contributed by atoms with Crippen molar-refractivity contribution in [3.63, 3.8) is 0 Å². The van der Waals surface area contributed by atoms with Crippen molar-refractivity contribution in [2.45, 2.75) is 6.54 Å². The van der Waals surface area contributed by atoms with Gasteiger partial charge in [0.2, 0.25) is 0 Å². The average Bonchev–Trinajstić information content (AvgIpc) is 3.38. The van der Waals surface area contributed by atoms with Crippen LogP contribution in [0.15, 0.2) is 60.9 Å². The van der Waals surface area contributed by atoms with Gasteiger partial charge in [-0.25, -0.2) is 4.98 Å². The molecule has 1 saturated heterocycles. The predicted molar refractivity (Wildman–Crippen MR) is 123 cm³/mol. The van der Waals surface area contributed by atoms with Gasteiger partial charge in [-0.1, -0.05) is 12.1 Å². The molecule has 0 N–H and O–H groups in total. The first kappa shape index (κ1) is 19.6. The number of hydrogen-bond donors (Lipinski definition) is 0. The van der Waals surface area contributed by atoms with Crippen LogP contribution in [0.1, 0.15) is 11.3 Å². The Labute approximate surface area is 182 Å².